The summed E-state index contributed by atoms with van der Waals surface area (Å²) in [7, 11) is 0. The minimum Gasteiger partial charge on any atom is -0.311 e. The Bertz CT molecular complexity index is 260. The summed E-state index contributed by atoms with van der Waals surface area (Å²) >= 11 is 1.75. The number of nitrogens with zero attached hydrogens (tertiary/aromatic N) is 2. The molecular weight excluding hydrogens is 194 g/mol. The second-order valence-electron chi connectivity index (χ2n) is 3.76. The fourth-order valence-corrected chi connectivity index (χ4v) is 2.49. The van der Waals surface area contributed by atoms with Gasteiger partial charge in [0.1, 0.15) is 0 Å². The summed E-state index contributed by atoms with van der Waals surface area (Å²) in [5.41, 5.74) is 1.91. The first-order chi connectivity index (χ1) is 6.88. The van der Waals surface area contributed by atoms with E-state index < -0.39 is 0 Å². The lowest BCUT2D eigenvalue weighted by molar-refractivity contribution is 0.191. The summed E-state index contributed by atoms with van der Waals surface area (Å²) in [6.45, 7) is 6.77. The Hall–Kier alpha value is -0.450. The Morgan fingerprint density at radius 1 is 1.71 bits per heavy atom. The third-order valence-corrected chi connectivity index (χ3v) is 3.46. The van der Waals surface area contributed by atoms with Gasteiger partial charge in [-0.25, -0.2) is 0 Å². The first-order valence-corrected chi connectivity index (χ1v) is 6.09. The molecule has 1 aliphatic rings. The molecular formula is C10H17N3S. The van der Waals surface area contributed by atoms with Gasteiger partial charge >= 0.3 is 0 Å². The second-order valence-corrected chi connectivity index (χ2v) is 4.73. The Morgan fingerprint density at radius 2 is 2.64 bits per heavy atom. The molecule has 1 N–H and O–H groups in total. The summed E-state index contributed by atoms with van der Waals surface area (Å²) in [6, 6.07) is 0.677. The van der Waals surface area contributed by atoms with Crippen LogP contribution < -0.4 is 5.32 Å². The molecule has 2 rings (SSSR count). The molecule has 0 aliphatic carbocycles. The summed E-state index contributed by atoms with van der Waals surface area (Å²) < 4.78 is 0. The fourth-order valence-electron chi connectivity index (χ4n) is 1.85. The standard InChI is InChI=1S/C10H17N3S/c1-2-9-6-13(4-3-12-9)7-10-5-11-8-14-10/h5,8-9,12H,2-4,6-7H2,1H3. The van der Waals surface area contributed by atoms with Gasteiger partial charge in [0.2, 0.25) is 0 Å². The van der Waals surface area contributed by atoms with Gasteiger partial charge in [0.05, 0.1) is 5.51 Å². The van der Waals surface area contributed by atoms with Crippen molar-refractivity contribution >= 4 is 11.3 Å². The monoisotopic (exact) mass is 211 g/mol. The van der Waals surface area contributed by atoms with E-state index in [1.165, 1.54) is 17.8 Å². The highest BCUT2D eigenvalue weighted by atomic mass is 32.1. The SMILES string of the molecule is CCC1CN(Cc2cncs2)CCN1. The van der Waals surface area contributed by atoms with Crippen LogP contribution in [0.25, 0.3) is 0 Å². The second kappa shape index (κ2) is 4.87. The van der Waals surface area contributed by atoms with E-state index in [1.807, 2.05) is 11.7 Å². The number of thiazole rings is 1. The zero-order valence-electron chi connectivity index (χ0n) is 8.57. The topological polar surface area (TPSA) is 28.2 Å². The maximum Gasteiger partial charge on any atom is 0.0794 e. The lowest BCUT2D eigenvalue weighted by atomic mass is 10.1. The summed E-state index contributed by atoms with van der Waals surface area (Å²) in [4.78, 5) is 7.99. The largest absolute Gasteiger partial charge is 0.311 e. The molecule has 1 aromatic rings. The molecule has 1 fully saturated rings. The van der Waals surface area contributed by atoms with Crippen LogP contribution in [0.5, 0.6) is 0 Å². The Kier molecular flexibility index (Phi) is 3.50. The molecule has 0 saturated carbocycles. The van der Waals surface area contributed by atoms with Crippen LogP contribution in [-0.4, -0.2) is 35.6 Å². The molecule has 1 unspecified atom stereocenters. The van der Waals surface area contributed by atoms with Crippen LogP contribution >= 0.6 is 11.3 Å². The van der Waals surface area contributed by atoms with E-state index in [0.29, 0.717) is 6.04 Å². The molecule has 0 amide bonds. The number of piperazine rings is 1. The minimum atomic E-state index is 0.677. The van der Waals surface area contributed by atoms with Gasteiger partial charge in [-0.2, -0.15) is 0 Å². The van der Waals surface area contributed by atoms with Crippen molar-refractivity contribution in [2.24, 2.45) is 0 Å². The lowest BCUT2D eigenvalue weighted by Crippen LogP contribution is -2.49. The van der Waals surface area contributed by atoms with Gasteiger partial charge in [-0.15, -0.1) is 11.3 Å². The molecule has 0 spiro atoms. The molecule has 14 heavy (non-hydrogen) atoms. The van der Waals surface area contributed by atoms with Crippen molar-refractivity contribution in [3.05, 3.63) is 16.6 Å². The van der Waals surface area contributed by atoms with Gasteiger partial charge in [-0.05, 0) is 6.42 Å². The first kappa shape index (κ1) is 10.1. The van der Waals surface area contributed by atoms with E-state index in [9.17, 15) is 0 Å². The quantitative estimate of drug-likeness (QED) is 0.817. The van der Waals surface area contributed by atoms with Crippen LogP contribution in [-0.2, 0) is 6.54 Å². The van der Waals surface area contributed by atoms with Crippen LogP contribution in [0.4, 0.5) is 0 Å². The predicted octanol–water partition coefficient (Wildman–Crippen LogP) is 1.33. The highest BCUT2D eigenvalue weighted by molar-refractivity contribution is 7.09. The number of rotatable bonds is 3. The van der Waals surface area contributed by atoms with Crippen molar-refractivity contribution in [3.63, 3.8) is 0 Å². The molecule has 0 aromatic carbocycles. The molecule has 4 heteroatoms. The van der Waals surface area contributed by atoms with Gasteiger partial charge in [0.25, 0.3) is 0 Å². The van der Waals surface area contributed by atoms with E-state index in [0.717, 1.165) is 19.6 Å². The average molecular weight is 211 g/mol. The van der Waals surface area contributed by atoms with E-state index in [-0.39, 0.29) is 0 Å². The van der Waals surface area contributed by atoms with Crippen molar-refractivity contribution < 1.29 is 0 Å². The lowest BCUT2D eigenvalue weighted by Gasteiger charge is -2.32. The first-order valence-electron chi connectivity index (χ1n) is 5.21. The number of hydrogen-bond donors (Lipinski definition) is 1. The highest BCUT2D eigenvalue weighted by Gasteiger charge is 2.17. The number of aromatic nitrogens is 1. The highest BCUT2D eigenvalue weighted by Crippen LogP contribution is 2.11. The normalized spacial score (nSPS) is 23.9. The summed E-state index contributed by atoms with van der Waals surface area (Å²) in [5, 5.41) is 3.52. The van der Waals surface area contributed by atoms with Gasteiger partial charge in [0, 0.05) is 43.3 Å². The number of nitrogens with one attached hydrogen (secondary N) is 1. The Balaban J connectivity index is 1.86. The molecule has 1 atom stereocenters. The molecule has 1 aliphatic heterocycles. The molecule has 78 valence electrons. The van der Waals surface area contributed by atoms with Gasteiger partial charge < -0.3 is 5.32 Å². The van der Waals surface area contributed by atoms with Crippen molar-refractivity contribution in [2.45, 2.75) is 25.9 Å². The van der Waals surface area contributed by atoms with E-state index in [2.05, 4.69) is 22.1 Å². The third kappa shape index (κ3) is 2.53. The van der Waals surface area contributed by atoms with Crippen LogP contribution in [0, 0.1) is 0 Å². The molecule has 3 nitrogen and oxygen atoms in total. The van der Waals surface area contributed by atoms with E-state index in [4.69, 9.17) is 0 Å². The smallest absolute Gasteiger partial charge is 0.0794 e. The molecule has 2 heterocycles. The average Bonchev–Trinajstić information content (AvgIpc) is 2.71. The fraction of sp³-hybridized carbons (Fsp3) is 0.700. The number of hydrogen-bond acceptors (Lipinski definition) is 4. The zero-order valence-corrected chi connectivity index (χ0v) is 9.39. The summed E-state index contributed by atoms with van der Waals surface area (Å²) in [6.07, 6.45) is 3.20. The minimum absolute atomic E-state index is 0.677. The van der Waals surface area contributed by atoms with Crippen molar-refractivity contribution in [2.75, 3.05) is 19.6 Å². The molecule has 1 aromatic heterocycles. The Morgan fingerprint density at radius 3 is 3.36 bits per heavy atom. The van der Waals surface area contributed by atoms with Crippen LogP contribution in [0.1, 0.15) is 18.2 Å². The third-order valence-electron chi connectivity index (χ3n) is 2.70. The predicted molar refractivity (Wildman–Crippen MR) is 59.5 cm³/mol. The maximum atomic E-state index is 4.10. The van der Waals surface area contributed by atoms with E-state index in [1.54, 1.807) is 11.3 Å². The molecule has 1 saturated heterocycles. The van der Waals surface area contributed by atoms with E-state index >= 15 is 0 Å². The zero-order chi connectivity index (χ0) is 9.80. The van der Waals surface area contributed by atoms with Crippen molar-refractivity contribution in [1.82, 2.24) is 15.2 Å². The van der Waals surface area contributed by atoms with Crippen molar-refractivity contribution in [3.8, 4) is 0 Å². The summed E-state index contributed by atoms with van der Waals surface area (Å²) in [5.74, 6) is 0. The molecule has 0 bridgehead atoms. The van der Waals surface area contributed by atoms with Gasteiger partial charge in [0.15, 0.2) is 0 Å². The van der Waals surface area contributed by atoms with Crippen LogP contribution in [0.3, 0.4) is 0 Å². The van der Waals surface area contributed by atoms with Gasteiger partial charge in [-0.3, -0.25) is 9.88 Å². The molecule has 0 radical (unpaired) electrons. The Labute approximate surface area is 89.1 Å². The maximum absolute atomic E-state index is 4.10. The van der Waals surface area contributed by atoms with Gasteiger partial charge in [-0.1, -0.05) is 6.92 Å². The van der Waals surface area contributed by atoms with Crippen molar-refractivity contribution in [1.29, 1.82) is 0 Å². The van der Waals surface area contributed by atoms with Crippen LogP contribution in [0.2, 0.25) is 0 Å². The van der Waals surface area contributed by atoms with Crippen LogP contribution in [0.15, 0.2) is 11.7 Å².